The molecule has 0 unspecified atom stereocenters. The first kappa shape index (κ1) is 48.7. The average Bonchev–Trinajstić information content (AvgIpc) is 4.32. The highest BCUT2D eigenvalue weighted by atomic mass is 32.2. The molecule has 18 heteroatoms. The molecule has 15 nitrogen and oxygen atoms in total. The van der Waals surface area contributed by atoms with E-state index >= 15 is 0 Å². The van der Waals surface area contributed by atoms with Crippen LogP contribution in [0.4, 0.5) is 34.9 Å². The number of anilines is 6. The molecule has 6 aliphatic rings. The van der Waals surface area contributed by atoms with Gasteiger partial charge in [-0.15, -0.1) is 0 Å². The number of nitrogens with zero attached hydrogens (tertiary/aromatic N) is 8. The number of benzene rings is 2. The second-order valence-electron chi connectivity index (χ2n) is 21.7. The third kappa shape index (κ3) is 9.60. The summed E-state index contributed by atoms with van der Waals surface area (Å²) in [5.74, 6) is 4.73. The van der Waals surface area contributed by atoms with Crippen LogP contribution in [0.2, 0.25) is 0 Å². The van der Waals surface area contributed by atoms with Gasteiger partial charge in [-0.05, 0) is 142 Å². The predicted molar refractivity (Wildman–Crippen MR) is 291 cm³/mol. The normalized spacial score (nSPS) is 21.3. The van der Waals surface area contributed by atoms with Crippen molar-refractivity contribution in [2.75, 3.05) is 58.9 Å². The lowest BCUT2D eigenvalue weighted by Crippen LogP contribution is -2.48. The van der Waals surface area contributed by atoms with E-state index < -0.39 is 11.0 Å². The number of hydrogen-bond acceptors (Lipinski definition) is 16. The molecule has 4 aliphatic carbocycles. The smallest absolute Gasteiger partial charge is 0.158 e. The molecule has 376 valence electrons. The Morgan fingerprint density at radius 3 is 1.51 bits per heavy atom. The van der Waals surface area contributed by atoms with Crippen molar-refractivity contribution in [1.29, 1.82) is 0 Å². The molecule has 3 atom stereocenters. The Kier molecular flexibility index (Phi) is 13.1. The van der Waals surface area contributed by atoms with Crippen LogP contribution in [0.1, 0.15) is 129 Å². The predicted octanol–water partition coefficient (Wildman–Crippen LogP) is 8.91. The fourth-order valence-corrected chi connectivity index (χ4v) is 14.4. The molecule has 2 aliphatic heterocycles. The monoisotopic (exact) mass is 1020 g/mol. The van der Waals surface area contributed by atoms with E-state index in [2.05, 4.69) is 78.0 Å². The van der Waals surface area contributed by atoms with E-state index in [1.807, 2.05) is 45.3 Å². The Bertz CT molecular complexity index is 3010. The Labute approximate surface area is 433 Å². The molecule has 0 amide bonds. The van der Waals surface area contributed by atoms with Gasteiger partial charge in [-0.2, -0.15) is 0 Å². The quantitative estimate of drug-likeness (QED) is 0.0750. The van der Waals surface area contributed by atoms with Crippen LogP contribution in [-0.4, -0.2) is 65.0 Å². The molecular formula is C54H66N14OS3. The first-order valence-electron chi connectivity index (χ1n) is 25.4. The molecule has 6 heterocycles. The van der Waals surface area contributed by atoms with Crippen LogP contribution in [0.5, 0.6) is 0 Å². The van der Waals surface area contributed by atoms with Crippen LogP contribution < -0.4 is 43.2 Å². The van der Waals surface area contributed by atoms with Gasteiger partial charge in [0.1, 0.15) is 33.3 Å². The van der Waals surface area contributed by atoms with Crippen molar-refractivity contribution >= 4 is 69.4 Å². The number of nitrogen functional groups attached to an aromatic ring is 4. The Hall–Kier alpha value is -5.53. The molecule has 2 spiro atoms. The molecule has 72 heavy (non-hydrogen) atoms. The fraction of sp³-hybridized carbons (Fsp3) is 0.444. The van der Waals surface area contributed by atoms with E-state index in [4.69, 9.17) is 43.6 Å². The van der Waals surface area contributed by atoms with Crippen molar-refractivity contribution in [2.45, 2.75) is 133 Å². The molecule has 4 aromatic heterocycles. The topological polar surface area (TPSA) is 243 Å². The molecule has 4 fully saturated rings. The molecule has 12 rings (SSSR count). The lowest BCUT2D eigenvalue weighted by molar-refractivity contribution is 0.177. The zero-order valence-corrected chi connectivity index (χ0v) is 43.8. The number of nitrogens with one attached hydrogen (secondary N) is 1. The third-order valence-corrected chi connectivity index (χ3v) is 19.6. The highest BCUT2D eigenvalue weighted by molar-refractivity contribution is 7.99. The minimum Gasteiger partial charge on any atom is -0.383 e. The minimum atomic E-state index is -1.15. The van der Waals surface area contributed by atoms with E-state index in [0.717, 1.165) is 123 Å². The number of hydrogen-bond donors (Lipinski definition) is 6. The summed E-state index contributed by atoms with van der Waals surface area (Å²) in [5.41, 5.74) is 39.7. The van der Waals surface area contributed by atoms with Crippen LogP contribution in [0.15, 0.2) is 105 Å². The number of pyridine rings is 2. The maximum atomic E-state index is 13.2. The fourth-order valence-electron chi connectivity index (χ4n) is 11.5. The molecule has 2 saturated heterocycles. The van der Waals surface area contributed by atoms with Crippen LogP contribution >= 0.6 is 23.5 Å². The number of piperidine rings is 2. The summed E-state index contributed by atoms with van der Waals surface area (Å²) in [7, 11) is -1.15. The summed E-state index contributed by atoms with van der Waals surface area (Å²) < 4.78 is 16.4. The van der Waals surface area contributed by atoms with E-state index in [1.165, 1.54) is 45.8 Å². The average molecular weight is 1020 g/mol. The third-order valence-electron chi connectivity index (χ3n) is 15.9. The maximum Gasteiger partial charge on any atom is 0.158 e. The molecule has 2 saturated carbocycles. The minimum absolute atomic E-state index is 0.0242. The van der Waals surface area contributed by atoms with Gasteiger partial charge in [-0.1, -0.05) is 72.1 Å². The van der Waals surface area contributed by atoms with Gasteiger partial charge < -0.3 is 38.5 Å². The molecule has 2 aromatic carbocycles. The molecule has 0 bridgehead atoms. The van der Waals surface area contributed by atoms with Gasteiger partial charge >= 0.3 is 0 Å². The Morgan fingerprint density at radius 2 is 1.06 bits per heavy atom. The summed E-state index contributed by atoms with van der Waals surface area (Å²) in [6, 6.07) is 21.4. The van der Waals surface area contributed by atoms with Gasteiger partial charge in [0.2, 0.25) is 0 Å². The van der Waals surface area contributed by atoms with Gasteiger partial charge in [0.05, 0.1) is 34.2 Å². The van der Waals surface area contributed by atoms with Gasteiger partial charge in [0.25, 0.3) is 0 Å². The van der Waals surface area contributed by atoms with E-state index in [-0.39, 0.29) is 27.7 Å². The highest BCUT2D eigenvalue weighted by Crippen LogP contribution is 2.54. The molecule has 11 N–H and O–H groups in total. The highest BCUT2D eigenvalue weighted by Gasteiger charge is 2.49. The first-order valence-corrected chi connectivity index (χ1v) is 28.2. The zero-order valence-electron chi connectivity index (χ0n) is 41.4. The van der Waals surface area contributed by atoms with Crippen LogP contribution in [0, 0.1) is 10.8 Å². The summed E-state index contributed by atoms with van der Waals surface area (Å²) >= 11 is 3.05. The summed E-state index contributed by atoms with van der Waals surface area (Å²) in [5, 5.41) is 1.41. The van der Waals surface area contributed by atoms with Crippen molar-refractivity contribution in [3.05, 3.63) is 119 Å². The van der Waals surface area contributed by atoms with Crippen LogP contribution in [-0.2, 0) is 23.8 Å². The molecule has 0 radical (unpaired) electrons. The van der Waals surface area contributed by atoms with Crippen LogP contribution in [0.3, 0.4) is 0 Å². The van der Waals surface area contributed by atoms with Crippen molar-refractivity contribution < 1.29 is 4.21 Å². The van der Waals surface area contributed by atoms with Gasteiger partial charge in [0, 0.05) is 65.5 Å². The van der Waals surface area contributed by atoms with Gasteiger partial charge in [-0.3, -0.25) is 0 Å². The number of nitrogens with two attached hydrogens (primary N) is 5. The lowest BCUT2D eigenvalue weighted by Gasteiger charge is -2.44. The first-order chi connectivity index (χ1) is 34.7. The zero-order chi connectivity index (χ0) is 49.9. The lowest BCUT2D eigenvalue weighted by atomic mass is 9.73. The van der Waals surface area contributed by atoms with Crippen LogP contribution in [0.25, 0.3) is 0 Å². The number of rotatable bonds is 10. The van der Waals surface area contributed by atoms with Crippen molar-refractivity contribution in [1.82, 2.24) is 34.6 Å². The molecular weight excluding hydrogens is 957 g/mol. The largest absolute Gasteiger partial charge is 0.383 e. The standard InChI is InChI=1S/C29H37N7OS2.C25H29N7S/c1-28(2,3)39(37)35-24-20-7-5-4-6-19(20)16-29(24)11-14-36(15-12-29)22-17-33-27(26(31)34-22)38-21-10-13-32-25(30)23(21)18-8-9-18;26-21-17-4-2-1-3-16(17)13-25(21)8-11-32(12-9-25)19-14-30-24(23(28)31-19)33-18-7-10-29-22(27)20(18)15-5-6-15/h4-7,10,13,17-18,24,35H,8-9,11-12,14-16H2,1-3H3,(H2,30,32)(H2,31,34);1-4,7,10,14-15,21H,5-6,8-9,11-13,26H2,(H2,27,29)(H2,28,31)/t24-,39-;21-/m11/s1. The van der Waals surface area contributed by atoms with E-state index in [0.29, 0.717) is 45.2 Å². The summed E-state index contributed by atoms with van der Waals surface area (Å²) in [6.45, 7) is 9.59. The Morgan fingerprint density at radius 1 is 0.611 bits per heavy atom. The number of aromatic nitrogens is 6. The van der Waals surface area contributed by atoms with E-state index in [9.17, 15) is 4.21 Å². The summed E-state index contributed by atoms with van der Waals surface area (Å²) in [6.07, 6.45) is 17.9. The number of fused-ring (bicyclic) bond motifs is 2. The molecule has 6 aromatic rings. The second-order valence-corrected chi connectivity index (χ2v) is 25.7. The summed E-state index contributed by atoms with van der Waals surface area (Å²) in [4.78, 5) is 34.2. The van der Waals surface area contributed by atoms with Gasteiger partial charge in [-0.25, -0.2) is 38.8 Å². The van der Waals surface area contributed by atoms with Crippen molar-refractivity contribution in [3.8, 4) is 0 Å². The van der Waals surface area contributed by atoms with Gasteiger partial charge in [0.15, 0.2) is 11.6 Å². The van der Waals surface area contributed by atoms with Crippen molar-refractivity contribution in [3.63, 3.8) is 0 Å². The second kappa shape index (κ2) is 19.4. The van der Waals surface area contributed by atoms with E-state index in [1.54, 1.807) is 12.4 Å². The van der Waals surface area contributed by atoms with Crippen molar-refractivity contribution in [2.24, 2.45) is 16.6 Å². The Balaban J connectivity index is 0.000000158. The maximum absolute atomic E-state index is 13.2. The SMILES string of the molecule is CC(C)(C)[S@@](=O)N[C@@H]1c2ccccc2CC12CCN(c1cnc(Sc3ccnc(N)c3C3CC3)c(N)n1)CC2.Nc1nc(N2CCC3(CC2)Cc2ccccc2[C@H]3N)cnc1Sc1ccnc(N)c1C1CC1.